The molecule has 0 fully saturated rings. The molecule has 0 aliphatic heterocycles. The van der Waals surface area contributed by atoms with Gasteiger partial charge in [0, 0.05) is 5.56 Å². The summed E-state index contributed by atoms with van der Waals surface area (Å²) in [6.07, 6.45) is 0. The molecule has 0 radical (unpaired) electrons. The summed E-state index contributed by atoms with van der Waals surface area (Å²) in [6.45, 7) is 13.0. The Morgan fingerprint density at radius 1 is 0.567 bits per heavy atom. The molecule has 3 rings (SSSR count). The van der Waals surface area contributed by atoms with Crippen LogP contribution in [0.2, 0.25) is 0 Å². The lowest BCUT2D eigenvalue weighted by atomic mass is 9.84. The van der Waals surface area contributed by atoms with Crippen LogP contribution in [0.3, 0.4) is 0 Å². The molecule has 158 valence electrons. The summed E-state index contributed by atoms with van der Waals surface area (Å²) < 4.78 is 0. The summed E-state index contributed by atoms with van der Waals surface area (Å²) in [5.74, 6) is 0. The Hall–Kier alpha value is -2.03. The molecular weight excluding hydrogens is 391 g/mol. The zero-order chi connectivity index (χ0) is 22.3. The smallest absolute Gasteiger partial charge is 0.189 e. The van der Waals surface area contributed by atoms with Crippen LogP contribution in [-0.4, -0.2) is 14.7 Å². The summed E-state index contributed by atoms with van der Waals surface area (Å²) in [6, 6.07) is 21.7. The first-order chi connectivity index (χ1) is 13.8. The van der Waals surface area contributed by atoms with E-state index in [1.807, 2.05) is 18.2 Å². The van der Waals surface area contributed by atoms with Crippen LogP contribution in [0.1, 0.15) is 52.7 Å². The molecule has 0 saturated heterocycles. The van der Waals surface area contributed by atoms with Crippen molar-refractivity contribution in [2.45, 2.75) is 52.4 Å². The third-order valence-electron chi connectivity index (χ3n) is 5.47. The Balaban J connectivity index is 2.20. The van der Waals surface area contributed by atoms with Crippen molar-refractivity contribution in [3.63, 3.8) is 0 Å². The van der Waals surface area contributed by atoms with E-state index in [1.54, 1.807) is 12.1 Å². The fourth-order valence-corrected chi connectivity index (χ4v) is 4.46. The predicted octanol–water partition coefficient (Wildman–Crippen LogP) is 5.98. The van der Waals surface area contributed by atoms with Crippen LogP contribution in [-0.2, 0) is 10.8 Å². The first-order valence-electron chi connectivity index (χ1n) is 10.2. The number of benzene rings is 3. The van der Waals surface area contributed by atoms with Gasteiger partial charge in [-0.25, -0.2) is 0 Å². The number of hydrogen-bond acceptors (Lipinski definition) is 3. The second kappa shape index (κ2) is 7.90. The molecule has 0 amide bonds. The molecular formula is C26H32O3P+. The van der Waals surface area contributed by atoms with Gasteiger partial charge in [-0.15, -0.1) is 0 Å². The van der Waals surface area contributed by atoms with Gasteiger partial charge in [-0.3, -0.25) is 0 Å². The van der Waals surface area contributed by atoms with Gasteiger partial charge in [0.2, 0.25) is 0 Å². The molecule has 3 N–H and O–H groups in total. The summed E-state index contributed by atoms with van der Waals surface area (Å²) in [7, 11) is -4.20. The maximum Gasteiger partial charge on any atom is 0.441 e. The maximum absolute atomic E-state index is 10.2. The minimum absolute atomic E-state index is 0.0192. The second-order valence-electron chi connectivity index (χ2n) is 9.92. The molecule has 0 atom stereocenters. The van der Waals surface area contributed by atoms with E-state index in [9.17, 15) is 14.7 Å². The molecule has 0 heterocycles. The van der Waals surface area contributed by atoms with Gasteiger partial charge >= 0.3 is 7.94 Å². The van der Waals surface area contributed by atoms with Gasteiger partial charge in [0.15, 0.2) is 5.30 Å². The van der Waals surface area contributed by atoms with Crippen LogP contribution in [0.4, 0.5) is 0 Å². The van der Waals surface area contributed by atoms with Gasteiger partial charge in [-0.2, -0.15) is 14.7 Å². The number of rotatable bonds is 3. The molecule has 0 aliphatic carbocycles. The maximum atomic E-state index is 10.2. The Morgan fingerprint density at radius 3 is 1.40 bits per heavy atom. The quantitative estimate of drug-likeness (QED) is 0.454. The van der Waals surface area contributed by atoms with Gasteiger partial charge in [0.25, 0.3) is 0 Å². The average Bonchev–Trinajstić information content (AvgIpc) is 2.65. The van der Waals surface area contributed by atoms with E-state index in [2.05, 4.69) is 77.9 Å². The molecule has 0 aromatic heterocycles. The highest BCUT2D eigenvalue weighted by molar-refractivity contribution is 7.67. The van der Waals surface area contributed by atoms with Crippen LogP contribution in [0.25, 0.3) is 22.3 Å². The molecule has 0 unspecified atom stereocenters. The topological polar surface area (TPSA) is 60.7 Å². The van der Waals surface area contributed by atoms with Crippen molar-refractivity contribution in [1.82, 2.24) is 0 Å². The predicted molar refractivity (Wildman–Crippen MR) is 128 cm³/mol. The fraction of sp³-hybridized carbons (Fsp3) is 0.308. The number of hydrogen-bond donors (Lipinski definition) is 3. The van der Waals surface area contributed by atoms with Gasteiger partial charge in [0.05, 0.1) is 0 Å². The summed E-state index contributed by atoms with van der Waals surface area (Å²) in [5, 5.41) is 0.170. The first-order valence-corrected chi connectivity index (χ1v) is 11.9. The summed E-state index contributed by atoms with van der Waals surface area (Å²) in [5.41, 5.74) is 5.81. The van der Waals surface area contributed by atoms with Crippen molar-refractivity contribution < 1.29 is 14.7 Å². The van der Waals surface area contributed by atoms with Crippen LogP contribution < -0.4 is 5.30 Å². The minimum atomic E-state index is -4.20. The molecule has 3 nitrogen and oxygen atoms in total. The lowest BCUT2D eigenvalue weighted by Gasteiger charge is -2.21. The average molecular weight is 424 g/mol. The molecule has 30 heavy (non-hydrogen) atoms. The van der Waals surface area contributed by atoms with E-state index in [0.717, 1.165) is 16.7 Å². The highest BCUT2D eigenvalue weighted by Crippen LogP contribution is 2.48. The first kappa shape index (κ1) is 22.7. The van der Waals surface area contributed by atoms with Gasteiger partial charge < -0.3 is 0 Å². The Labute approximate surface area is 180 Å². The molecule has 3 aromatic carbocycles. The monoisotopic (exact) mass is 423 g/mol. The van der Waals surface area contributed by atoms with Crippen molar-refractivity contribution in [1.29, 1.82) is 0 Å². The van der Waals surface area contributed by atoms with Crippen molar-refractivity contribution >= 4 is 13.2 Å². The molecule has 3 aromatic rings. The van der Waals surface area contributed by atoms with E-state index >= 15 is 0 Å². The van der Waals surface area contributed by atoms with Crippen molar-refractivity contribution in [3.05, 3.63) is 77.9 Å². The van der Waals surface area contributed by atoms with Gasteiger partial charge in [-0.05, 0) is 44.7 Å². The fourth-order valence-electron chi connectivity index (χ4n) is 3.62. The van der Waals surface area contributed by atoms with E-state index < -0.39 is 7.94 Å². The van der Waals surface area contributed by atoms with E-state index in [0.29, 0.717) is 5.56 Å². The van der Waals surface area contributed by atoms with Crippen molar-refractivity contribution in [3.8, 4) is 22.3 Å². The highest BCUT2D eigenvalue weighted by atomic mass is 31.2. The minimum Gasteiger partial charge on any atom is -0.189 e. The van der Waals surface area contributed by atoms with Crippen LogP contribution >= 0.6 is 7.94 Å². The van der Waals surface area contributed by atoms with E-state index in [4.69, 9.17) is 0 Å². The Morgan fingerprint density at radius 2 is 1.00 bits per heavy atom. The zero-order valence-electron chi connectivity index (χ0n) is 18.6. The highest BCUT2D eigenvalue weighted by Gasteiger charge is 2.38. The Kier molecular flexibility index (Phi) is 5.97. The largest absolute Gasteiger partial charge is 0.441 e. The summed E-state index contributed by atoms with van der Waals surface area (Å²) in [4.78, 5) is 30.5. The SMILES string of the molecule is CC(C)(C)c1ccc(-c2cccc([P+](O)(O)O)c2-c2ccc(C(C)(C)C)cc2)cc1. The second-order valence-corrected chi connectivity index (χ2v) is 11.5. The summed E-state index contributed by atoms with van der Waals surface area (Å²) >= 11 is 0. The molecule has 0 saturated carbocycles. The van der Waals surface area contributed by atoms with Gasteiger partial charge in [-0.1, -0.05) is 102 Å². The van der Waals surface area contributed by atoms with Crippen LogP contribution in [0, 0.1) is 0 Å². The zero-order valence-corrected chi connectivity index (χ0v) is 19.5. The van der Waals surface area contributed by atoms with Gasteiger partial charge in [0.1, 0.15) is 0 Å². The van der Waals surface area contributed by atoms with E-state index in [-0.39, 0.29) is 16.1 Å². The third-order valence-corrected chi connectivity index (χ3v) is 6.49. The van der Waals surface area contributed by atoms with Crippen molar-refractivity contribution in [2.24, 2.45) is 0 Å². The van der Waals surface area contributed by atoms with Crippen LogP contribution in [0.5, 0.6) is 0 Å². The lowest BCUT2D eigenvalue weighted by molar-refractivity contribution is 0.347. The third kappa shape index (κ3) is 4.82. The van der Waals surface area contributed by atoms with Crippen LogP contribution in [0.15, 0.2) is 66.7 Å². The Bertz CT molecular complexity index is 1020. The molecule has 0 spiro atoms. The van der Waals surface area contributed by atoms with Crippen molar-refractivity contribution in [2.75, 3.05) is 0 Å². The molecule has 0 aliphatic rings. The lowest BCUT2D eigenvalue weighted by Crippen LogP contribution is -2.14. The molecule has 4 heteroatoms. The molecule has 0 bridgehead atoms. The van der Waals surface area contributed by atoms with E-state index in [1.165, 1.54) is 11.1 Å². The normalized spacial score (nSPS) is 12.8. The standard InChI is InChI=1S/C26H32O3P/c1-25(2,3)20-14-10-18(11-15-20)22-8-7-9-23(30(27,28)29)24(22)19-12-16-21(17-13-19)26(4,5)6/h7-17,27-29H,1-6H3/q+1.